The van der Waals surface area contributed by atoms with Gasteiger partial charge in [0.15, 0.2) is 0 Å². The van der Waals surface area contributed by atoms with Crippen LogP contribution in [0.4, 0.5) is 29.3 Å². The molecule has 38 heavy (non-hydrogen) atoms. The number of anilines is 2. The number of carbonyl (C=O) groups is 2. The van der Waals surface area contributed by atoms with Gasteiger partial charge in [0.05, 0.1) is 0 Å². The maximum atomic E-state index is 13.0. The summed E-state index contributed by atoms with van der Waals surface area (Å²) in [4.78, 5) is 29.8. The highest BCUT2D eigenvalue weighted by molar-refractivity contribution is 5.76. The van der Waals surface area contributed by atoms with E-state index >= 15 is 0 Å². The van der Waals surface area contributed by atoms with E-state index in [4.69, 9.17) is 9.90 Å². The predicted molar refractivity (Wildman–Crippen MR) is 135 cm³/mol. The molecule has 0 aliphatic carbocycles. The van der Waals surface area contributed by atoms with E-state index in [0.29, 0.717) is 37.8 Å². The quantitative estimate of drug-likeness (QED) is 0.270. The molecule has 0 saturated carbocycles. The van der Waals surface area contributed by atoms with Gasteiger partial charge in [-0.25, -0.2) is 14.2 Å². The third-order valence-corrected chi connectivity index (χ3v) is 4.94. The predicted octanol–water partition coefficient (Wildman–Crippen LogP) is 4.37. The maximum Gasteiger partial charge on any atom is 0.490 e. The molecule has 0 unspecified atom stereocenters. The van der Waals surface area contributed by atoms with Crippen LogP contribution < -0.4 is 16.0 Å². The standard InChI is InChI=1S/C24H28FN5O.C2HF3O2/c1-18-17-22(26-16-13-23(31)27-14-11-19-5-3-2-4-6-19)30-24(29-18)28-15-12-20-7-9-21(25)10-8-20;3-2(4,5)1(6)7/h2-10,17H,11-16H2,1H3,(H,27,31)(H2,26,28,29,30);(H,6,7). The van der Waals surface area contributed by atoms with Gasteiger partial charge in [-0.1, -0.05) is 42.5 Å². The van der Waals surface area contributed by atoms with Gasteiger partial charge in [0.2, 0.25) is 11.9 Å². The Hall–Kier alpha value is -4.22. The van der Waals surface area contributed by atoms with Gasteiger partial charge in [0, 0.05) is 37.8 Å². The molecule has 12 heteroatoms. The van der Waals surface area contributed by atoms with E-state index in [-0.39, 0.29) is 11.7 Å². The lowest BCUT2D eigenvalue weighted by Gasteiger charge is -2.10. The second-order valence-corrected chi connectivity index (χ2v) is 8.09. The van der Waals surface area contributed by atoms with Crippen LogP contribution in [0.2, 0.25) is 0 Å². The number of aliphatic carboxylic acids is 1. The summed E-state index contributed by atoms with van der Waals surface area (Å²) >= 11 is 0. The number of rotatable bonds is 11. The van der Waals surface area contributed by atoms with Gasteiger partial charge in [-0.05, 0) is 43.0 Å². The van der Waals surface area contributed by atoms with Crippen molar-refractivity contribution in [2.45, 2.75) is 32.4 Å². The van der Waals surface area contributed by atoms with Crippen LogP contribution in [0.1, 0.15) is 23.2 Å². The van der Waals surface area contributed by atoms with Gasteiger partial charge in [-0.15, -0.1) is 0 Å². The molecule has 0 atom stereocenters. The molecule has 0 bridgehead atoms. The van der Waals surface area contributed by atoms with E-state index in [0.717, 1.165) is 24.1 Å². The molecule has 0 radical (unpaired) electrons. The lowest BCUT2D eigenvalue weighted by atomic mass is 10.1. The van der Waals surface area contributed by atoms with Crippen molar-refractivity contribution in [2.75, 3.05) is 30.3 Å². The molecule has 0 aliphatic heterocycles. The Bertz CT molecular complexity index is 1160. The van der Waals surface area contributed by atoms with E-state index < -0.39 is 12.1 Å². The Labute approximate surface area is 217 Å². The Balaban J connectivity index is 0.000000638. The number of aryl methyl sites for hydroxylation is 1. The first kappa shape index (κ1) is 30.0. The summed E-state index contributed by atoms with van der Waals surface area (Å²) in [7, 11) is 0. The van der Waals surface area contributed by atoms with E-state index in [1.165, 1.54) is 17.7 Å². The van der Waals surface area contributed by atoms with Crippen molar-refractivity contribution in [3.63, 3.8) is 0 Å². The summed E-state index contributed by atoms with van der Waals surface area (Å²) < 4.78 is 44.7. The summed E-state index contributed by atoms with van der Waals surface area (Å²) in [6.45, 7) is 3.65. The molecule has 1 heterocycles. The van der Waals surface area contributed by atoms with Gasteiger partial charge < -0.3 is 21.1 Å². The normalized spacial score (nSPS) is 10.7. The van der Waals surface area contributed by atoms with Crippen LogP contribution in [-0.2, 0) is 22.4 Å². The molecule has 0 spiro atoms. The minimum Gasteiger partial charge on any atom is -0.475 e. The second kappa shape index (κ2) is 15.1. The number of carboxylic acids is 1. The molecular formula is C26H29F4N5O3. The summed E-state index contributed by atoms with van der Waals surface area (Å²) in [5, 5.41) is 16.4. The molecule has 0 saturated heterocycles. The SMILES string of the molecule is Cc1cc(NCCC(=O)NCCc2ccccc2)nc(NCCc2ccc(F)cc2)n1.O=C(O)C(F)(F)F. The number of amides is 1. The molecular weight excluding hydrogens is 506 g/mol. The number of aromatic nitrogens is 2. The number of carboxylic acid groups (broad SMARTS) is 1. The fraction of sp³-hybridized carbons (Fsp3) is 0.308. The van der Waals surface area contributed by atoms with Gasteiger partial charge in [0.1, 0.15) is 11.6 Å². The molecule has 3 rings (SSSR count). The second-order valence-electron chi connectivity index (χ2n) is 8.09. The van der Waals surface area contributed by atoms with Crippen molar-refractivity contribution in [1.29, 1.82) is 0 Å². The number of hydrogen-bond donors (Lipinski definition) is 4. The van der Waals surface area contributed by atoms with Crippen LogP contribution in [0.15, 0.2) is 60.7 Å². The van der Waals surface area contributed by atoms with Crippen molar-refractivity contribution >= 4 is 23.6 Å². The number of hydrogen-bond acceptors (Lipinski definition) is 6. The highest BCUT2D eigenvalue weighted by Crippen LogP contribution is 2.13. The third-order valence-electron chi connectivity index (χ3n) is 4.94. The smallest absolute Gasteiger partial charge is 0.475 e. The van der Waals surface area contributed by atoms with Crippen molar-refractivity contribution in [2.24, 2.45) is 0 Å². The van der Waals surface area contributed by atoms with E-state index in [2.05, 4.69) is 38.1 Å². The molecule has 3 aromatic rings. The minimum atomic E-state index is -5.08. The monoisotopic (exact) mass is 535 g/mol. The van der Waals surface area contributed by atoms with Gasteiger partial charge >= 0.3 is 12.1 Å². The van der Waals surface area contributed by atoms with Gasteiger partial charge in [-0.3, -0.25) is 4.79 Å². The number of carbonyl (C=O) groups excluding carboxylic acids is 1. The summed E-state index contributed by atoms with van der Waals surface area (Å²) in [6.07, 6.45) is -3.16. The van der Waals surface area contributed by atoms with Crippen molar-refractivity contribution in [1.82, 2.24) is 15.3 Å². The average molecular weight is 536 g/mol. The molecule has 0 aliphatic rings. The summed E-state index contributed by atoms with van der Waals surface area (Å²) in [5.74, 6) is -1.79. The number of nitrogens with zero attached hydrogens (tertiary/aromatic N) is 2. The van der Waals surface area contributed by atoms with E-state index in [9.17, 15) is 22.4 Å². The Kier molecular flexibility index (Phi) is 11.9. The zero-order valence-corrected chi connectivity index (χ0v) is 20.7. The van der Waals surface area contributed by atoms with Crippen LogP contribution >= 0.6 is 0 Å². The number of nitrogens with one attached hydrogen (secondary N) is 3. The van der Waals surface area contributed by atoms with Crippen LogP contribution in [0.5, 0.6) is 0 Å². The van der Waals surface area contributed by atoms with Crippen LogP contribution in [0.25, 0.3) is 0 Å². The first-order valence-corrected chi connectivity index (χ1v) is 11.7. The van der Waals surface area contributed by atoms with Crippen LogP contribution in [-0.4, -0.2) is 52.8 Å². The summed E-state index contributed by atoms with van der Waals surface area (Å²) in [6, 6.07) is 18.4. The fourth-order valence-corrected chi connectivity index (χ4v) is 3.09. The first-order valence-electron chi connectivity index (χ1n) is 11.7. The molecule has 4 N–H and O–H groups in total. The minimum absolute atomic E-state index is 0.00635. The summed E-state index contributed by atoms with van der Waals surface area (Å²) in [5.41, 5.74) is 3.07. The number of benzene rings is 2. The third kappa shape index (κ3) is 12.2. The lowest BCUT2D eigenvalue weighted by Crippen LogP contribution is -2.27. The van der Waals surface area contributed by atoms with Gasteiger partial charge in [0.25, 0.3) is 0 Å². The van der Waals surface area contributed by atoms with Crippen molar-refractivity contribution in [3.05, 3.63) is 83.3 Å². The average Bonchev–Trinajstić information content (AvgIpc) is 2.85. The highest BCUT2D eigenvalue weighted by Gasteiger charge is 2.38. The molecule has 1 amide bonds. The first-order chi connectivity index (χ1) is 18.0. The van der Waals surface area contributed by atoms with Crippen LogP contribution in [0.3, 0.4) is 0 Å². The number of alkyl halides is 3. The molecule has 204 valence electrons. The Morgan fingerprint density at radius 2 is 1.47 bits per heavy atom. The van der Waals surface area contributed by atoms with E-state index in [1.54, 1.807) is 12.1 Å². The van der Waals surface area contributed by atoms with Gasteiger partial charge in [-0.2, -0.15) is 18.2 Å². The topological polar surface area (TPSA) is 116 Å². The van der Waals surface area contributed by atoms with Crippen LogP contribution in [0, 0.1) is 12.7 Å². The van der Waals surface area contributed by atoms with Crippen molar-refractivity contribution < 1.29 is 32.3 Å². The zero-order valence-electron chi connectivity index (χ0n) is 20.7. The molecule has 2 aromatic carbocycles. The Morgan fingerprint density at radius 3 is 2.11 bits per heavy atom. The zero-order chi connectivity index (χ0) is 28.0. The largest absolute Gasteiger partial charge is 0.490 e. The molecule has 8 nitrogen and oxygen atoms in total. The van der Waals surface area contributed by atoms with Crippen molar-refractivity contribution in [3.8, 4) is 0 Å². The molecule has 1 aromatic heterocycles. The highest BCUT2D eigenvalue weighted by atomic mass is 19.4. The fourth-order valence-electron chi connectivity index (χ4n) is 3.09. The van der Waals surface area contributed by atoms with E-state index in [1.807, 2.05) is 31.2 Å². The molecule has 0 fully saturated rings. The Morgan fingerprint density at radius 1 is 0.868 bits per heavy atom. The maximum absolute atomic E-state index is 13.0. The lowest BCUT2D eigenvalue weighted by molar-refractivity contribution is -0.192. The number of halogens is 4.